The molecule has 1 rings (SSSR count). The summed E-state index contributed by atoms with van der Waals surface area (Å²) in [5.41, 5.74) is 2.74. The number of hydrogen-bond acceptors (Lipinski definition) is 0. The Morgan fingerprint density at radius 2 is 1.22 bits per heavy atom. The Bertz CT molecular complexity index is 156. The van der Waals surface area contributed by atoms with E-state index in [0.717, 1.165) is 0 Å². The van der Waals surface area contributed by atoms with Gasteiger partial charge in [0.2, 0.25) is 0 Å². The van der Waals surface area contributed by atoms with E-state index in [1.807, 2.05) is 0 Å². The molecule has 0 atom stereocenters. The highest BCUT2D eigenvalue weighted by Gasteiger charge is 1.83. The summed E-state index contributed by atoms with van der Waals surface area (Å²) in [5, 5.41) is 0. The van der Waals surface area contributed by atoms with Crippen LogP contribution in [0.15, 0.2) is 24.3 Å². The van der Waals surface area contributed by atoms with Crippen LogP contribution >= 0.6 is 0 Å². The van der Waals surface area contributed by atoms with Crippen LogP contribution in [0.2, 0.25) is 0 Å². The summed E-state index contributed by atoms with van der Waals surface area (Å²) in [6, 6.07) is 8.36. The number of rotatable bonds is 0. The molecule has 0 aliphatic heterocycles. The Morgan fingerprint density at radius 3 is 1.44 bits per heavy atom. The van der Waals surface area contributed by atoms with Crippen LogP contribution in [-0.2, 0) is 0 Å². The lowest BCUT2D eigenvalue weighted by Gasteiger charge is -1.93. The van der Waals surface area contributed by atoms with Crippen LogP contribution in [0.1, 0.15) is 18.6 Å². The molecule has 0 bridgehead atoms. The number of aryl methyl sites for hydroxylation is 2. The Morgan fingerprint density at radius 1 is 0.889 bits per heavy atom. The van der Waals surface area contributed by atoms with Crippen LogP contribution in [0.5, 0.6) is 0 Å². The van der Waals surface area contributed by atoms with E-state index < -0.39 is 0 Å². The third-order valence-corrected chi connectivity index (χ3v) is 1.43. The summed E-state index contributed by atoms with van der Waals surface area (Å²) in [6.07, 6.45) is 0. The molecule has 0 N–H and O–H groups in total. The van der Waals surface area contributed by atoms with Crippen molar-refractivity contribution < 1.29 is 0 Å². The monoisotopic (exact) mass is 122 g/mol. The molecule has 0 saturated heterocycles. The lowest BCUT2D eigenvalue weighted by atomic mass is 10.1. The van der Waals surface area contributed by atoms with E-state index in [4.69, 9.17) is 0 Å². The van der Waals surface area contributed by atoms with Gasteiger partial charge < -0.3 is 0 Å². The summed E-state index contributed by atoms with van der Waals surface area (Å²) in [4.78, 5) is 0. The summed E-state index contributed by atoms with van der Waals surface area (Å²) in [6.45, 7) is 4.24. The lowest BCUT2D eigenvalue weighted by Crippen LogP contribution is -1.74. The quantitative estimate of drug-likeness (QED) is 0.496. The fraction of sp³-hybridized carbons (Fsp3) is 0.333. The predicted molar refractivity (Wildman–Crippen MR) is 42.6 cm³/mol. The van der Waals surface area contributed by atoms with E-state index in [0.29, 0.717) is 0 Å². The van der Waals surface area contributed by atoms with E-state index in [1.165, 1.54) is 11.1 Å². The summed E-state index contributed by atoms with van der Waals surface area (Å²) < 4.78 is 0. The van der Waals surface area contributed by atoms with Gasteiger partial charge in [-0.1, -0.05) is 31.7 Å². The van der Waals surface area contributed by atoms with Crippen molar-refractivity contribution in [1.82, 2.24) is 0 Å². The molecular formula is C9H14. The predicted octanol–water partition coefficient (Wildman–Crippen LogP) is 2.94. The minimum atomic E-state index is 0. The second-order valence-corrected chi connectivity index (χ2v) is 2.08. The van der Waals surface area contributed by atoms with Gasteiger partial charge in [-0.2, -0.15) is 0 Å². The van der Waals surface area contributed by atoms with E-state index in [-0.39, 0.29) is 7.43 Å². The van der Waals surface area contributed by atoms with Crippen molar-refractivity contribution in [3.8, 4) is 0 Å². The average Bonchev–Trinajstić information content (AvgIpc) is 1.77. The molecule has 0 heterocycles. The Kier molecular flexibility index (Phi) is 3.00. The van der Waals surface area contributed by atoms with Gasteiger partial charge in [0.05, 0.1) is 0 Å². The molecule has 0 spiro atoms. The normalized spacial score (nSPS) is 8.22. The van der Waals surface area contributed by atoms with Crippen molar-refractivity contribution in [3.63, 3.8) is 0 Å². The fourth-order valence-electron chi connectivity index (χ4n) is 0.663. The van der Waals surface area contributed by atoms with Crippen molar-refractivity contribution in [3.05, 3.63) is 35.4 Å². The molecule has 0 nitrogen and oxygen atoms in total. The standard InChI is InChI=1S/C8H10.CH4/c1-7-5-3-4-6-8(7)2;/h3-6H,1-2H3;1H4. The molecule has 0 aromatic heterocycles. The van der Waals surface area contributed by atoms with Crippen LogP contribution in [0.25, 0.3) is 0 Å². The minimum Gasteiger partial charge on any atom is -0.0776 e. The SMILES string of the molecule is C.Cc1ccccc1C. The van der Waals surface area contributed by atoms with Gasteiger partial charge in [0, 0.05) is 0 Å². The topological polar surface area (TPSA) is 0 Å². The van der Waals surface area contributed by atoms with Crippen molar-refractivity contribution in [2.45, 2.75) is 21.3 Å². The van der Waals surface area contributed by atoms with E-state index in [2.05, 4.69) is 38.1 Å². The summed E-state index contributed by atoms with van der Waals surface area (Å²) in [7, 11) is 0. The van der Waals surface area contributed by atoms with Crippen LogP contribution in [0, 0.1) is 13.8 Å². The van der Waals surface area contributed by atoms with Gasteiger partial charge in [0.25, 0.3) is 0 Å². The highest BCUT2D eigenvalue weighted by Crippen LogP contribution is 2.02. The smallest absolute Gasteiger partial charge is 0.0395 e. The Labute approximate surface area is 57.5 Å². The van der Waals surface area contributed by atoms with Crippen molar-refractivity contribution >= 4 is 0 Å². The molecule has 1 aromatic carbocycles. The van der Waals surface area contributed by atoms with Crippen LogP contribution in [0.4, 0.5) is 0 Å². The van der Waals surface area contributed by atoms with Crippen molar-refractivity contribution in [2.24, 2.45) is 0 Å². The first kappa shape index (κ1) is 8.22. The first-order valence-corrected chi connectivity index (χ1v) is 2.83. The zero-order valence-corrected chi connectivity index (χ0v) is 5.31. The molecule has 9 heavy (non-hydrogen) atoms. The maximum atomic E-state index is 2.12. The van der Waals surface area contributed by atoms with Crippen LogP contribution in [-0.4, -0.2) is 0 Å². The molecule has 0 heteroatoms. The van der Waals surface area contributed by atoms with Crippen LogP contribution < -0.4 is 0 Å². The molecule has 0 amide bonds. The van der Waals surface area contributed by atoms with Gasteiger partial charge in [0.15, 0.2) is 0 Å². The fourth-order valence-corrected chi connectivity index (χ4v) is 0.663. The third-order valence-electron chi connectivity index (χ3n) is 1.43. The van der Waals surface area contributed by atoms with Gasteiger partial charge in [0.1, 0.15) is 0 Å². The van der Waals surface area contributed by atoms with Gasteiger partial charge in [-0.3, -0.25) is 0 Å². The molecule has 0 aliphatic rings. The molecule has 0 unspecified atom stereocenters. The molecule has 0 aliphatic carbocycles. The molecular weight excluding hydrogens is 108 g/mol. The first-order chi connectivity index (χ1) is 3.80. The zero-order chi connectivity index (χ0) is 5.98. The second-order valence-electron chi connectivity index (χ2n) is 2.08. The Hall–Kier alpha value is -0.780. The molecule has 0 saturated carbocycles. The second kappa shape index (κ2) is 3.29. The van der Waals surface area contributed by atoms with Gasteiger partial charge >= 0.3 is 0 Å². The Balaban J connectivity index is 0.000000640. The maximum Gasteiger partial charge on any atom is -0.0395 e. The van der Waals surface area contributed by atoms with Gasteiger partial charge in [-0.15, -0.1) is 0 Å². The molecule has 50 valence electrons. The summed E-state index contributed by atoms with van der Waals surface area (Å²) >= 11 is 0. The van der Waals surface area contributed by atoms with Gasteiger partial charge in [-0.25, -0.2) is 0 Å². The maximum absolute atomic E-state index is 2.12. The zero-order valence-electron chi connectivity index (χ0n) is 5.31. The number of benzene rings is 1. The highest BCUT2D eigenvalue weighted by molar-refractivity contribution is 5.23. The summed E-state index contributed by atoms with van der Waals surface area (Å²) in [5.74, 6) is 0. The van der Waals surface area contributed by atoms with Crippen molar-refractivity contribution in [2.75, 3.05) is 0 Å². The highest BCUT2D eigenvalue weighted by atomic mass is 13.9. The minimum absolute atomic E-state index is 0. The van der Waals surface area contributed by atoms with Crippen molar-refractivity contribution in [1.29, 1.82) is 0 Å². The molecule has 1 aromatic rings. The van der Waals surface area contributed by atoms with Crippen LogP contribution in [0.3, 0.4) is 0 Å². The average molecular weight is 122 g/mol. The molecule has 0 radical (unpaired) electrons. The lowest BCUT2D eigenvalue weighted by molar-refractivity contribution is 1.34. The third kappa shape index (κ3) is 1.88. The molecule has 0 fully saturated rings. The number of hydrogen-bond donors (Lipinski definition) is 0. The van der Waals surface area contributed by atoms with E-state index in [9.17, 15) is 0 Å². The largest absolute Gasteiger partial charge is 0.0776 e. The first-order valence-electron chi connectivity index (χ1n) is 2.83. The van der Waals surface area contributed by atoms with E-state index >= 15 is 0 Å². The van der Waals surface area contributed by atoms with Gasteiger partial charge in [-0.05, 0) is 25.0 Å². The van der Waals surface area contributed by atoms with E-state index in [1.54, 1.807) is 0 Å².